The Morgan fingerprint density at radius 2 is 1.92 bits per heavy atom. The predicted molar refractivity (Wildman–Crippen MR) is 92.3 cm³/mol. The molecule has 2 amide bonds. The van der Waals surface area contributed by atoms with Crippen molar-refractivity contribution in [3.8, 4) is 0 Å². The molecule has 7 nitrogen and oxygen atoms in total. The van der Waals surface area contributed by atoms with Gasteiger partial charge in [0.2, 0.25) is 17.6 Å². The summed E-state index contributed by atoms with van der Waals surface area (Å²) in [7, 11) is 0. The number of piperidine rings is 1. The van der Waals surface area contributed by atoms with Crippen LogP contribution in [0.2, 0.25) is 0 Å². The van der Waals surface area contributed by atoms with E-state index in [-0.39, 0.29) is 24.1 Å². The molecule has 1 aliphatic rings. The summed E-state index contributed by atoms with van der Waals surface area (Å²) in [6.07, 6.45) is 2.14. The maximum atomic E-state index is 12.8. The number of furan rings is 1. The van der Waals surface area contributed by atoms with E-state index in [0.717, 1.165) is 18.4 Å². The van der Waals surface area contributed by atoms with Crippen LogP contribution >= 0.6 is 0 Å². The number of amides is 2. The topological polar surface area (TPSA) is 99.9 Å². The second-order valence-corrected chi connectivity index (χ2v) is 6.15. The molecule has 0 aliphatic carbocycles. The third-order valence-electron chi connectivity index (χ3n) is 4.34. The van der Waals surface area contributed by atoms with Crippen LogP contribution in [0.15, 0.2) is 46.9 Å². The minimum absolute atomic E-state index is 0.0357. The van der Waals surface area contributed by atoms with Crippen LogP contribution in [0.1, 0.15) is 47.2 Å². The summed E-state index contributed by atoms with van der Waals surface area (Å²) in [6.45, 7) is 0.590. The van der Waals surface area contributed by atoms with Crippen LogP contribution in [0.5, 0.6) is 0 Å². The zero-order valence-electron chi connectivity index (χ0n) is 14.2. The highest BCUT2D eigenvalue weighted by Crippen LogP contribution is 2.26. The number of aromatic carboxylic acids is 1. The zero-order chi connectivity index (χ0) is 18.5. The first-order valence-corrected chi connectivity index (χ1v) is 8.50. The number of rotatable bonds is 6. The van der Waals surface area contributed by atoms with E-state index in [1.807, 2.05) is 30.3 Å². The van der Waals surface area contributed by atoms with Gasteiger partial charge in [-0.1, -0.05) is 30.3 Å². The number of nitrogens with one attached hydrogen (secondary N) is 1. The monoisotopic (exact) mass is 356 g/mol. The summed E-state index contributed by atoms with van der Waals surface area (Å²) in [6, 6.07) is 11.3. The number of carbonyl (C=O) groups excluding carboxylic acids is 2. The van der Waals surface area contributed by atoms with Crippen molar-refractivity contribution in [1.29, 1.82) is 0 Å². The molecule has 1 aromatic carbocycles. The Kier molecular flexibility index (Phi) is 5.36. The van der Waals surface area contributed by atoms with Gasteiger partial charge in [-0.25, -0.2) is 4.79 Å². The van der Waals surface area contributed by atoms with Crippen LogP contribution in [0, 0.1) is 0 Å². The Balaban J connectivity index is 1.76. The lowest BCUT2D eigenvalue weighted by molar-refractivity contribution is -0.142. The van der Waals surface area contributed by atoms with Gasteiger partial charge < -0.3 is 19.7 Å². The lowest BCUT2D eigenvalue weighted by Gasteiger charge is -2.34. The maximum Gasteiger partial charge on any atom is 0.371 e. The molecule has 1 aromatic heterocycles. The number of likely N-dealkylation sites (tertiary alicyclic amines) is 1. The van der Waals surface area contributed by atoms with Crippen molar-refractivity contribution in [1.82, 2.24) is 10.2 Å². The lowest BCUT2D eigenvalue weighted by Crippen LogP contribution is -2.45. The molecular formula is C19H20N2O5. The first-order chi connectivity index (χ1) is 12.6. The van der Waals surface area contributed by atoms with Crippen molar-refractivity contribution in [3.63, 3.8) is 0 Å². The summed E-state index contributed by atoms with van der Waals surface area (Å²) < 4.78 is 5.15. The number of carboxylic acid groups (broad SMARTS) is 1. The van der Waals surface area contributed by atoms with Gasteiger partial charge in [-0.05, 0) is 30.5 Å². The molecule has 2 aromatic rings. The van der Waals surface area contributed by atoms with Gasteiger partial charge in [-0.3, -0.25) is 9.59 Å². The van der Waals surface area contributed by atoms with Gasteiger partial charge in [-0.15, -0.1) is 0 Å². The molecule has 0 saturated carbocycles. The molecule has 1 atom stereocenters. The predicted octanol–water partition coefficient (Wildman–Crippen LogP) is 2.35. The van der Waals surface area contributed by atoms with E-state index in [4.69, 9.17) is 9.52 Å². The summed E-state index contributed by atoms with van der Waals surface area (Å²) in [4.78, 5) is 37.6. The average molecular weight is 356 g/mol. The van der Waals surface area contributed by atoms with Crippen molar-refractivity contribution in [2.45, 2.75) is 31.8 Å². The van der Waals surface area contributed by atoms with Crippen molar-refractivity contribution in [2.24, 2.45) is 0 Å². The van der Waals surface area contributed by atoms with Gasteiger partial charge in [-0.2, -0.15) is 0 Å². The minimum atomic E-state index is -1.16. The zero-order valence-corrected chi connectivity index (χ0v) is 14.2. The smallest absolute Gasteiger partial charge is 0.371 e. The van der Waals surface area contributed by atoms with Gasteiger partial charge >= 0.3 is 5.97 Å². The van der Waals surface area contributed by atoms with Crippen LogP contribution < -0.4 is 5.32 Å². The fraction of sp³-hybridized carbons (Fsp3) is 0.316. The Morgan fingerprint density at radius 3 is 2.58 bits per heavy atom. The first-order valence-electron chi connectivity index (χ1n) is 8.50. The molecule has 1 saturated heterocycles. The van der Waals surface area contributed by atoms with Crippen molar-refractivity contribution < 1.29 is 23.9 Å². The molecule has 1 aliphatic heterocycles. The Bertz CT molecular complexity index is 799. The molecule has 0 bridgehead atoms. The minimum Gasteiger partial charge on any atom is -0.475 e. The number of hydrogen-bond acceptors (Lipinski definition) is 4. The summed E-state index contributed by atoms with van der Waals surface area (Å²) >= 11 is 0. The van der Waals surface area contributed by atoms with Crippen LogP contribution in [0.25, 0.3) is 0 Å². The van der Waals surface area contributed by atoms with Gasteiger partial charge in [0.25, 0.3) is 0 Å². The molecule has 1 fully saturated rings. The fourth-order valence-electron chi connectivity index (χ4n) is 3.07. The molecule has 26 heavy (non-hydrogen) atoms. The third kappa shape index (κ3) is 3.93. The number of nitrogens with zero attached hydrogens (tertiary/aromatic N) is 1. The standard InChI is InChI=1S/C19H20N2O5/c22-16-8-4-5-11-21(16)17(13-6-2-1-3-7-13)18(23)20-12-14-9-10-15(26-14)19(24)25/h1-3,6-7,9-10,17H,4-5,8,11-12H2,(H,20,23)(H,24,25). The van der Waals surface area contributed by atoms with Crippen LogP contribution in [-0.2, 0) is 16.1 Å². The molecular weight excluding hydrogens is 336 g/mol. The summed E-state index contributed by atoms with van der Waals surface area (Å²) in [5, 5.41) is 11.6. The van der Waals surface area contributed by atoms with E-state index >= 15 is 0 Å². The lowest BCUT2D eigenvalue weighted by atomic mass is 10.0. The highest BCUT2D eigenvalue weighted by Gasteiger charge is 2.32. The van der Waals surface area contributed by atoms with Gasteiger partial charge in [0.05, 0.1) is 6.54 Å². The van der Waals surface area contributed by atoms with E-state index in [1.54, 1.807) is 4.90 Å². The second-order valence-electron chi connectivity index (χ2n) is 6.15. The van der Waals surface area contributed by atoms with E-state index in [0.29, 0.717) is 18.7 Å². The van der Waals surface area contributed by atoms with Crippen LogP contribution in [0.4, 0.5) is 0 Å². The molecule has 0 spiro atoms. The highest BCUT2D eigenvalue weighted by molar-refractivity contribution is 5.89. The Morgan fingerprint density at radius 1 is 1.15 bits per heavy atom. The normalized spacial score (nSPS) is 15.5. The largest absolute Gasteiger partial charge is 0.475 e. The molecule has 0 radical (unpaired) electrons. The molecule has 2 N–H and O–H groups in total. The van der Waals surface area contributed by atoms with E-state index in [9.17, 15) is 14.4 Å². The van der Waals surface area contributed by atoms with Gasteiger partial charge in [0.1, 0.15) is 11.8 Å². The van der Waals surface area contributed by atoms with Crippen molar-refractivity contribution >= 4 is 17.8 Å². The average Bonchev–Trinajstić information content (AvgIpc) is 3.12. The number of carboxylic acids is 1. The van der Waals surface area contributed by atoms with E-state index in [2.05, 4.69) is 5.32 Å². The fourth-order valence-corrected chi connectivity index (χ4v) is 3.07. The summed E-state index contributed by atoms with van der Waals surface area (Å²) in [5.74, 6) is -1.36. The Labute approximate surface area is 150 Å². The van der Waals surface area contributed by atoms with Crippen LogP contribution in [-0.4, -0.2) is 34.3 Å². The van der Waals surface area contributed by atoms with Crippen molar-refractivity contribution in [2.75, 3.05) is 6.54 Å². The molecule has 1 unspecified atom stereocenters. The van der Waals surface area contributed by atoms with Crippen molar-refractivity contribution in [3.05, 3.63) is 59.5 Å². The number of benzene rings is 1. The SMILES string of the molecule is O=C(O)c1ccc(CNC(=O)C(c2ccccc2)N2CCCCC2=O)o1. The molecule has 3 rings (SSSR count). The quantitative estimate of drug-likeness (QED) is 0.827. The Hall–Kier alpha value is -3.09. The van der Waals surface area contributed by atoms with E-state index < -0.39 is 12.0 Å². The second kappa shape index (κ2) is 7.86. The molecule has 2 heterocycles. The third-order valence-corrected chi connectivity index (χ3v) is 4.34. The highest BCUT2D eigenvalue weighted by atomic mass is 16.4. The number of hydrogen-bond donors (Lipinski definition) is 2. The van der Waals surface area contributed by atoms with Gasteiger partial charge in [0, 0.05) is 13.0 Å². The summed E-state index contributed by atoms with van der Waals surface area (Å²) in [5.41, 5.74) is 0.742. The molecule has 136 valence electrons. The molecule has 7 heteroatoms. The number of carbonyl (C=O) groups is 3. The maximum absolute atomic E-state index is 12.8. The van der Waals surface area contributed by atoms with E-state index in [1.165, 1.54) is 12.1 Å². The van der Waals surface area contributed by atoms with Gasteiger partial charge in [0.15, 0.2) is 0 Å². The first kappa shape index (κ1) is 17.7. The van der Waals surface area contributed by atoms with Crippen LogP contribution in [0.3, 0.4) is 0 Å².